The van der Waals surface area contributed by atoms with Crippen molar-refractivity contribution in [2.45, 2.75) is 84.0 Å². The second-order valence-corrected chi connectivity index (χ2v) is 9.55. The predicted octanol–water partition coefficient (Wildman–Crippen LogP) is 5.43. The highest BCUT2D eigenvalue weighted by molar-refractivity contribution is 6.29. The van der Waals surface area contributed by atoms with Gasteiger partial charge >= 0.3 is 6.09 Å². The Labute approximate surface area is 183 Å². The summed E-state index contributed by atoms with van der Waals surface area (Å²) in [4.78, 5) is 16.3. The first-order valence-corrected chi connectivity index (χ1v) is 11.0. The Morgan fingerprint density at radius 1 is 1.23 bits per heavy atom. The topological polar surface area (TPSA) is 81.1 Å². The molecule has 0 spiro atoms. The van der Waals surface area contributed by atoms with Crippen LogP contribution in [0.2, 0.25) is 5.15 Å². The van der Waals surface area contributed by atoms with Gasteiger partial charge in [0.05, 0.1) is 5.69 Å². The molecule has 1 aliphatic rings. The first-order valence-electron chi connectivity index (χ1n) is 10.6. The maximum atomic E-state index is 12.0. The van der Waals surface area contributed by atoms with Crippen molar-refractivity contribution in [3.05, 3.63) is 29.7 Å². The van der Waals surface area contributed by atoms with Gasteiger partial charge in [-0.2, -0.15) is 5.10 Å². The Bertz CT molecular complexity index is 867. The Hall–Kier alpha value is -2.28. The molecule has 164 valence electrons. The van der Waals surface area contributed by atoms with Crippen LogP contribution in [0, 0.1) is 0 Å². The quantitative estimate of drug-likeness (QED) is 0.614. The number of hydrogen-bond acceptors (Lipinski definition) is 5. The molecule has 0 radical (unpaired) electrons. The number of amides is 1. The van der Waals surface area contributed by atoms with Crippen molar-refractivity contribution in [2.24, 2.45) is 0 Å². The number of carbonyl (C=O) groups excluding carboxylic acids is 1. The van der Waals surface area contributed by atoms with E-state index in [1.54, 1.807) is 6.20 Å². The van der Waals surface area contributed by atoms with Crippen LogP contribution in [0.5, 0.6) is 0 Å². The molecule has 0 aliphatic heterocycles. The molecule has 7 nitrogen and oxygen atoms in total. The van der Waals surface area contributed by atoms with Crippen LogP contribution in [0.4, 0.5) is 10.5 Å². The number of nitrogens with one attached hydrogen (secondary N) is 2. The van der Waals surface area contributed by atoms with E-state index >= 15 is 0 Å². The molecule has 0 unspecified atom stereocenters. The third kappa shape index (κ3) is 6.11. The number of pyridine rings is 1. The number of ether oxygens (including phenoxy) is 1. The van der Waals surface area contributed by atoms with Crippen LogP contribution < -0.4 is 10.6 Å². The van der Waals surface area contributed by atoms with E-state index in [9.17, 15) is 4.79 Å². The van der Waals surface area contributed by atoms with Gasteiger partial charge in [-0.05, 0) is 72.4 Å². The summed E-state index contributed by atoms with van der Waals surface area (Å²) in [5.74, 6) is 0. The lowest BCUT2D eigenvalue weighted by Crippen LogP contribution is -2.42. The van der Waals surface area contributed by atoms with Crippen LogP contribution >= 0.6 is 11.6 Å². The molecule has 0 atom stereocenters. The number of anilines is 1. The van der Waals surface area contributed by atoms with Gasteiger partial charge in [0.1, 0.15) is 10.8 Å². The van der Waals surface area contributed by atoms with E-state index in [2.05, 4.69) is 34.6 Å². The van der Waals surface area contributed by atoms with E-state index in [1.165, 1.54) is 0 Å². The Morgan fingerprint density at radius 2 is 1.90 bits per heavy atom. The Morgan fingerprint density at radius 3 is 2.50 bits per heavy atom. The number of rotatable bonds is 5. The average Bonchev–Trinajstić information content (AvgIpc) is 3.12. The molecule has 2 N–H and O–H groups in total. The first kappa shape index (κ1) is 22.4. The van der Waals surface area contributed by atoms with Crippen LogP contribution in [-0.4, -0.2) is 38.5 Å². The molecule has 0 aromatic carbocycles. The number of hydrogen-bond donors (Lipinski definition) is 2. The fourth-order valence-corrected chi connectivity index (χ4v) is 3.76. The molecule has 1 amide bonds. The molecule has 1 saturated carbocycles. The minimum atomic E-state index is -0.484. The molecule has 0 saturated heterocycles. The molecule has 8 heteroatoms. The van der Waals surface area contributed by atoms with Crippen molar-refractivity contribution < 1.29 is 9.53 Å². The third-order valence-electron chi connectivity index (χ3n) is 5.09. The monoisotopic (exact) mass is 433 g/mol. The van der Waals surface area contributed by atoms with Crippen LogP contribution in [0.1, 0.15) is 66.3 Å². The van der Waals surface area contributed by atoms with Gasteiger partial charge in [-0.1, -0.05) is 11.6 Å². The highest BCUT2D eigenvalue weighted by Gasteiger charge is 2.25. The van der Waals surface area contributed by atoms with Gasteiger partial charge < -0.3 is 15.4 Å². The fraction of sp³-hybridized carbons (Fsp3) is 0.591. The van der Waals surface area contributed by atoms with Crippen molar-refractivity contribution in [3.63, 3.8) is 0 Å². The van der Waals surface area contributed by atoms with Gasteiger partial charge in [0.2, 0.25) is 0 Å². The SMILES string of the molecule is CC(C)n1ccc(-c2cnc(Cl)cc2NC2CCC(NC(=O)OC(C)(C)C)CC2)n1. The smallest absolute Gasteiger partial charge is 0.407 e. The van der Waals surface area contributed by atoms with Gasteiger partial charge in [-0.15, -0.1) is 0 Å². The molecule has 3 rings (SSSR count). The molecule has 2 aromatic rings. The van der Waals surface area contributed by atoms with Gasteiger partial charge in [-0.25, -0.2) is 9.78 Å². The van der Waals surface area contributed by atoms with Gasteiger partial charge in [-0.3, -0.25) is 4.68 Å². The largest absolute Gasteiger partial charge is 0.444 e. The number of carbonyl (C=O) groups is 1. The van der Waals surface area contributed by atoms with E-state index in [4.69, 9.17) is 16.3 Å². The predicted molar refractivity (Wildman–Crippen MR) is 120 cm³/mol. The van der Waals surface area contributed by atoms with Crippen LogP contribution in [0.15, 0.2) is 24.5 Å². The van der Waals surface area contributed by atoms with Crippen molar-refractivity contribution in [1.29, 1.82) is 0 Å². The van der Waals surface area contributed by atoms with E-state index < -0.39 is 5.60 Å². The average molecular weight is 434 g/mol. The summed E-state index contributed by atoms with van der Waals surface area (Å²) in [6.45, 7) is 9.80. The highest BCUT2D eigenvalue weighted by Crippen LogP contribution is 2.31. The summed E-state index contributed by atoms with van der Waals surface area (Å²) in [6, 6.07) is 4.59. The standard InChI is InChI=1S/C22H32ClN5O2/c1-14(2)28-11-10-18(27-28)17-13-24-20(23)12-19(17)25-15-6-8-16(9-7-15)26-21(29)30-22(3,4)5/h10-16H,6-9H2,1-5H3,(H,24,25)(H,26,29). The summed E-state index contributed by atoms with van der Waals surface area (Å²) in [5.41, 5.74) is 2.26. The second kappa shape index (κ2) is 9.25. The van der Waals surface area contributed by atoms with Gasteiger partial charge in [0.15, 0.2) is 0 Å². The Kier molecular flexibility index (Phi) is 6.91. The van der Waals surface area contributed by atoms with Crippen molar-refractivity contribution in [1.82, 2.24) is 20.1 Å². The van der Waals surface area contributed by atoms with E-state index in [0.717, 1.165) is 42.6 Å². The number of alkyl carbamates (subject to hydrolysis) is 1. The van der Waals surface area contributed by atoms with Crippen molar-refractivity contribution >= 4 is 23.4 Å². The normalized spacial score (nSPS) is 19.6. The van der Waals surface area contributed by atoms with Crippen LogP contribution in [-0.2, 0) is 4.74 Å². The molecule has 2 heterocycles. The zero-order valence-electron chi connectivity index (χ0n) is 18.4. The second-order valence-electron chi connectivity index (χ2n) is 9.17. The summed E-state index contributed by atoms with van der Waals surface area (Å²) in [6.07, 6.45) is 7.09. The number of halogens is 1. The van der Waals surface area contributed by atoms with Gasteiger partial charge in [0, 0.05) is 41.8 Å². The molecule has 0 bridgehead atoms. The van der Waals surface area contributed by atoms with Crippen molar-refractivity contribution in [3.8, 4) is 11.3 Å². The minimum Gasteiger partial charge on any atom is -0.444 e. The lowest BCUT2D eigenvalue weighted by Gasteiger charge is -2.31. The summed E-state index contributed by atoms with van der Waals surface area (Å²) in [5, 5.41) is 11.7. The summed E-state index contributed by atoms with van der Waals surface area (Å²) < 4.78 is 7.30. The van der Waals surface area contributed by atoms with Crippen LogP contribution in [0.25, 0.3) is 11.3 Å². The van der Waals surface area contributed by atoms with Crippen molar-refractivity contribution in [2.75, 3.05) is 5.32 Å². The molecular weight excluding hydrogens is 402 g/mol. The molecule has 2 aromatic heterocycles. The van der Waals surface area contributed by atoms with E-state index in [1.807, 2.05) is 43.8 Å². The highest BCUT2D eigenvalue weighted by atomic mass is 35.5. The zero-order valence-corrected chi connectivity index (χ0v) is 19.2. The molecule has 30 heavy (non-hydrogen) atoms. The maximum absolute atomic E-state index is 12.0. The molecular formula is C22H32ClN5O2. The zero-order chi connectivity index (χ0) is 21.9. The third-order valence-corrected chi connectivity index (χ3v) is 5.30. The first-order chi connectivity index (χ1) is 14.1. The summed E-state index contributed by atoms with van der Waals surface area (Å²) >= 11 is 6.17. The maximum Gasteiger partial charge on any atom is 0.407 e. The number of aromatic nitrogens is 3. The number of nitrogens with zero attached hydrogens (tertiary/aromatic N) is 3. The minimum absolute atomic E-state index is 0.139. The van der Waals surface area contributed by atoms with E-state index in [-0.39, 0.29) is 12.1 Å². The lowest BCUT2D eigenvalue weighted by atomic mass is 9.91. The van der Waals surface area contributed by atoms with E-state index in [0.29, 0.717) is 17.2 Å². The summed E-state index contributed by atoms with van der Waals surface area (Å²) in [7, 11) is 0. The Balaban J connectivity index is 1.62. The fourth-order valence-electron chi connectivity index (χ4n) is 3.60. The van der Waals surface area contributed by atoms with Crippen LogP contribution in [0.3, 0.4) is 0 Å². The molecule has 1 fully saturated rings. The molecule has 1 aliphatic carbocycles. The van der Waals surface area contributed by atoms with Gasteiger partial charge in [0.25, 0.3) is 0 Å². The lowest BCUT2D eigenvalue weighted by molar-refractivity contribution is 0.0492.